The molecular formula is C24H25N3O3S. The molecule has 0 radical (unpaired) electrons. The van der Waals surface area contributed by atoms with Gasteiger partial charge in [0.05, 0.1) is 22.7 Å². The predicted octanol–water partition coefficient (Wildman–Crippen LogP) is 5.46. The summed E-state index contributed by atoms with van der Waals surface area (Å²) in [6.07, 6.45) is 0.127. The molecule has 160 valence electrons. The number of benzene rings is 2. The highest BCUT2D eigenvalue weighted by atomic mass is 32.2. The second kappa shape index (κ2) is 8.98. The molecule has 0 saturated heterocycles. The van der Waals surface area contributed by atoms with E-state index in [1.165, 1.54) is 11.8 Å². The molecule has 2 heterocycles. The van der Waals surface area contributed by atoms with E-state index in [0.717, 1.165) is 22.8 Å². The van der Waals surface area contributed by atoms with E-state index in [1.807, 2.05) is 76.2 Å². The largest absolute Gasteiger partial charge is 0.491 e. The summed E-state index contributed by atoms with van der Waals surface area (Å²) in [7, 11) is 0. The Bertz CT molecular complexity index is 1260. The molecule has 0 atom stereocenters. The van der Waals surface area contributed by atoms with Gasteiger partial charge in [0, 0.05) is 17.9 Å². The highest BCUT2D eigenvalue weighted by Gasteiger charge is 2.15. The van der Waals surface area contributed by atoms with Gasteiger partial charge in [-0.3, -0.25) is 9.36 Å². The SMILES string of the molecule is CCn1c(SCc2nc(-c3ccc(OC(C)C)cc3)oc2C)nc2ccccc2c1=O. The van der Waals surface area contributed by atoms with Crippen molar-refractivity contribution in [3.05, 3.63) is 70.3 Å². The Morgan fingerprint density at radius 2 is 1.84 bits per heavy atom. The van der Waals surface area contributed by atoms with Crippen molar-refractivity contribution in [2.45, 2.75) is 51.3 Å². The maximum absolute atomic E-state index is 12.8. The van der Waals surface area contributed by atoms with E-state index >= 15 is 0 Å². The van der Waals surface area contributed by atoms with Crippen molar-refractivity contribution in [2.24, 2.45) is 0 Å². The maximum atomic E-state index is 12.8. The molecule has 0 N–H and O–H groups in total. The van der Waals surface area contributed by atoms with Crippen molar-refractivity contribution in [3.8, 4) is 17.2 Å². The lowest BCUT2D eigenvalue weighted by molar-refractivity contribution is 0.242. The van der Waals surface area contributed by atoms with Gasteiger partial charge in [-0.1, -0.05) is 23.9 Å². The van der Waals surface area contributed by atoms with Crippen LogP contribution in [-0.2, 0) is 12.3 Å². The van der Waals surface area contributed by atoms with Gasteiger partial charge in [-0.2, -0.15) is 0 Å². The third kappa shape index (κ3) is 4.51. The maximum Gasteiger partial charge on any atom is 0.262 e. The zero-order valence-electron chi connectivity index (χ0n) is 18.1. The molecule has 31 heavy (non-hydrogen) atoms. The molecular weight excluding hydrogens is 410 g/mol. The summed E-state index contributed by atoms with van der Waals surface area (Å²) in [6, 6.07) is 15.2. The summed E-state index contributed by atoms with van der Waals surface area (Å²) in [5, 5.41) is 1.32. The molecule has 7 heteroatoms. The van der Waals surface area contributed by atoms with Crippen molar-refractivity contribution in [1.82, 2.24) is 14.5 Å². The quantitative estimate of drug-likeness (QED) is 0.284. The monoisotopic (exact) mass is 435 g/mol. The number of oxazole rings is 1. The van der Waals surface area contributed by atoms with Crippen molar-refractivity contribution < 1.29 is 9.15 Å². The molecule has 0 aliphatic heterocycles. The molecule has 0 unspecified atom stereocenters. The number of para-hydroxylation sites is 1. The molecule has 0 saturated carbocycles. The minimum absolute atomic E-state index is 0.0168. The minimum Gasteiger partial charge on any atom is -0.491 e. The second-order valence-electron chi connectivity index (χ2n) is 7.46. The normalized spacial score (nSPS) is 11.4. The second-order valence-corrected chi connectivity index (χ2v) is 8.40. The molecule has 6 nitrogen and oxygen atoms in total. The van der Waals surface area contributed by atoms with Gasteiger partial charge in [-0.15, -0.1) is 0 Å². The predicted molar refractivity (Wildman–Crippen MR) is 124 cm³/mol. The lowest BCUT2D eigenvalue weighted by atomic mass is 10.2. The standard InChI is InChI=1S/C24H25N3O3S/c1-5-27-23(28)19-8-6-7-9-20(19)26-24(27)31-14-21-16(4)30-22(25-21)17-10-12-18(13-11-17)29-15(2)3/h6-13,15H,5,14H2,1-4H3. The molecule has 4 rings (SSSR count). The van der Waals surface area contributed by atoms with E-state index in [0.29, 0.717) is 34.2 Å². The lowest BCUT2D eigenvalue weighted by Crippen LogP contribution is -2.22. The van der Waals surface area contributed by atoms with E-state index in [2.05, 4.69) is 4.98 Å². The van der Waals surface area contributed by atoms with Crippen molar-refractivity contribution in [1.29, 1.82) is 0 Å². The number of aromatic nitrogens is 3. The zero-order valence-corrected chi connectivity index (χ0v) is 18.9. The summed E-state index contributed by atoms with van der Waals surface area (Å²) >= 11 is 1.50. The van der Waals surface area contributed by atoms with Gasteiger partial charge >= 0.3 is 0 Å². The minimum atomic E-state index is -0.0168. The average molecular weight is 436 g/mol. The third-order valence-corrected chi connectivity index (χ3v) is 5.83. The van der Waals surface area contributed by atoms with Crippen LogP contribution in [0.5, 0.6) is 5.75 Å². The summed E-state index contributed by atoms with van der Waals surface area (Å²) in [4.78, 5) is 22.2. The Kier molecular flexibility index (Phi) is 6.13. The first kappa shape index (κ1) is 21.2. The van der Waals surface area contributed by atoms with E-state index in [-0.39, 0.29) is 11.7 Å². The number of nitrogens with zero attached hydrogens (tertiary/aromatic N) is 3. The van der Waals surface area contributed by atoms with Gasteiger partial charge in [0.1, 0.15) is 11.5 Å². The van der Waals surface area contributed by atoms with E-state index in [4.69, 9.17) is 14.1 Å². The fourth-order valence-corrected chi connectivity index (χ4v) is 4.37. The van der Waals surface area contributed by atoms with Crippen LogP contribution in [0.2, 0.25) is 0 Å². The first-order chi connectivity index (χ1) is 15.0. The third-order valence-electron chi connectivity index (χ3n) is 4.85. The lowest BCUT2D eigenvalue weighted by Gasteiger charge is -2.10. The Balaban J connectivity index is 1.56. The Hall–Kier alpha value is -3.06. The van der Waals surface area contributed by atoms with Gasteiger partial charge in [-0.25, -0.2) is 9.97 Å². The first-order valence-electron chi connectivity index (χ1n) is 10.3. The zero-order chi connectivity index (χ0) is 22.0. The number of fused-ring (bicyclic) bond motifs is 1. The van der Waals surface area contributed by atoms with Crippen LogP contribution in [0.1, 0.15) is 32.2 Å². The molecule has 0 fully saturated rings. The van der Waals surface area contributed by atoms with E-state index in [1.54, 1.807) is 4.57 Å². The summed E-state index contributed by atoms with van der Waals surface area (Å²) in [5.74, 6) is 2.71. The van der Waals surface area contributed by atoms with Crippen LogP contribution < -0.4 is 10.3 Å². The first-order valence-corrected chi connectivity index (χ1v) is 11.3. The Morgan fingerprint density at radius 1 is 1.10 bits per heavy atom. The molecule has 2 aromatic carbocycles. The highest BCUT2D eigenvalue weighted by Crippen LogP contribution is 2.28. The van der Waals surface area contributed by atoms with Crippen molar-refractivity contribution in [3.63, 3.8) is 0 Å². The van der Waals surface area contributed by atoms with Crippen LogP contribution in [0, 0.1) is 6.92 Å². The van der Waals surface area contributed by atoms with E-state index in [9.17, 15) is 4.79 Å². The van der Waals surface area contributed by atoms with Gasteiger partial charge in [0.2, 0.25) is 5.89 Å². The fourth-order valence-electron chi connectivity index (χ4n) is 3.30. The summed E-state index contributed by atoms with van der Waals surface area (Å²) < 4.78 is 13.3. The molecule has 0 spiro atoms. The van der Waals surface area contributed by atoms with Crippen molar-refractivity contribution in [2.75, 3.05) is 0 Å². The summed E-state index contributed by atoms with van der Waals surface area (Å²) in [5.41, 5.74) is 2.43. The van der Waals surface area contributed by atoms with Crippen LogP contribution in [0.25, 0.3) is 22.4 Å². The summed E-state index contributed by atoms with van der Waals surface area (Å²) in [6.45, 7) is 8.42. The van der Waals surface area contributed by atoms with Crippen molar-refractivity contribution >= 4 is 22.7 Å². The van der Waals surface area contributed by atoms with Gasteiger partial charge in [0.15, 0.2) is 5.16 Å². The highest BCUT2D eigenvalue weighted by molar-refractivity contribution is 7.98. The molecule has 0 bridgehead atoms. The smallest absolute Gasteiger partial charge is 0.262 e. The molecule has 4 aromatic rings. The number of thioether (sulfide) groups is 1. The van der Waals surface area contributed by atoms with Crippen LogP contribution in [0.3, 0.4) is 0 Å². The number of aryl methyl sites for hydroxylation is 1. The number of hydrogen-bond acceptors (Lipinski definition) is 6. The van der Waals surface area contributed by atoms with Gasteiger partial charge < -0.3 is 9.15 Å². The van der Waals surface area contributed by atoms with Crippen LogP contribution in [0.4, 0.5) is 0 Å². The van der Waals surface area contributed by atoms with Crippen LogP contribution in [-0.4, -0.2) is 20.6 Å². The molecule has 0 aliphatic carbocycles. The topological polar surface area (TPSA) is 70.2 Å². The number of ether oxygens (including phenoxy) is 1. The van der Waals surface area contributed by atoms with Crippen LogP contribution in [0.15, 0.2) is 62.9 Å². The number of rotatable bonds is 7. The van der Waals surface area contributed by atoms with Crippen LogP contribution >= 0.6 is 11.8 Å². The van der Waals surface area contributed by atoms with E-state index < -0.39 is 0 Å². The fraction of sp³-hybridized carbons (Fsp3) is 0.292. The number of hydrogen-bond donors (Lipinski definition) is 0. The molecule has 2 aromatic heterocycles. The molecule has 0 amide bonds. The Labute approximate surface area is 185 Å². The average Bonchev–Trinajstić information content (AvgIpc) is 3.13. The Morgan fingerprint density at radius 3 is 2.55 bits per heavy atom. The van der Waals surface area contributed by atoms with Gasteiger partial charge in [-0.05, 0) is 64.1 Å². The molecule has 0 aliphatic rings. The van der Waals surface area contributed by atoms with Gasteiger partial charge in [0.25, 0.3) is 5.56 Å².